The monoisotopic (exact) mass is 431 g/mol. The number of nitro benzene ring substituents is 1. The number of carbonyl (C=O) groups is 2. The highest BCUT2D eigenvalue weighted by Crippen LogP contribution is 2.24. The maximum absolute atomic E-state index is 12.9. The van der Waals surface area contributed by atoms with Gasteiger partial charge in [0, 0.05) is 28.8 Å². The van der Waals surface area contributed by atoms with Crippen LogP contribution in [0, 0.1) is 17.0 Å². The van der Waals surface area contributed by atoms with E-state index in [1.807, 2.05) is 0 Å². The number of hydrogen-bond donors (Lipinski definition) is 1. The van der Waals surface area contributed by atoms with Gasteiger partial charge in [0.25, 0.3) is 11.6 Å². The van der Waals surface area contributed by atoms with Gasteiger partial charge in [0.2, 0.25) is 5.91 Å². The van der Waals surface area contributed by atoms with Crippen molar-refractivity contribution >= 4 is 29.1 Å². The number of nitrogens with zero attached hydrogens (tertiary/aromatic N) is 2. The summed E-state index contributed by atoms with van der Waals surface area (Å²) in [4.78, 5) is 37.5. The van der Waals surface area contributed by atoms with Gasteiger partial charge in [-0.25, -0.2) is 0 Å². The largest absolute Gasteiger partial charge is 0.492 e. The lowest BCUT2D eigenvalue weighted by Crippen LogP contribution is -2.46. The van der Waals surface area contributed by atoms with E-state index in [1.165, 1.54) is 23.1 Å². The van der Waals surface area contributed by atoms with Gasteiger partial charge < -0.3 is 15.0 Å². The molecule has 1 heterocycles. The molecule has 1 saturated heterocycles. The highest BCUT2D eigenvalue weighted by Gasteiger charge is 2.34. The summed E-state index contributed by atoms with van der Waals surface area (Å²) >= 11 is 5.90. The normalized spacial score (nSPS) is 15.7. The van der Waals surface area contributed by atoms with E-state index in [-0.39, 0.29) is 24.1 Å². The summed E-state index contributed by atoms with van der Waals surface area (Å²) in [6.07, 6.45) is 1.29. The lowest BCUT2D eigenvalue weighted by atomic mass is 10.1. The van der Waals surface area contributed by atoms with E-state index in [4.69, 9.17) is 16.3 Å². The minimum Gasteiger partial charge on any atom is -0.492 e. The second kappa shape index (κ2) is 9.58. The Hall–Kier alpha value is -3.13. The van der Waals surface area contributed by atoms with Gasteiger partial charge in [0.05, 0.1) is 11.5 Å². The van der Waals surface area contributed by atoms with Crippen molar-refractivity contribution in [2.24, 2.45) is 0 Å². The van der Waals surface area contributed by atoms with E-state index in [9.17, 15) is 19.7 Å². The molecule has 1 fully saturated rings. The van der Waals surface area contributed by atoms with Crippen LogP contribution in [0.2, 0.25) is 5.02 Å². The molecule has 30 heavy (non-hydrogen) atoms. The molecule has 158 valence electrons. The minimum absolute atomic E-state index is 0.0398. The van der Waals surface area contributed by atoms with Crippen LogP contribution in [0.4, 0.5) is 5.69 Å². The molecule has 1 aliphatic heterocycles. The zero-order chi connectivity index (χ0) is 21.7. The number of nitro groups is 1. The van der Waals surface area contributed by atoms with Gasteiger partial charge in [0.15, 0.2) is 0 Å². The fourth-order valence-electron chi connectivity index (χ4n) is 3.46. The first-order valence-electron chi connectivity index (χ1n) is 9.59. The Labute approximate surface area is 178 Å². The minimum atomic E-state index is -0.570. The number of nitrogens with one attached hydrogen (secondary N) is 1. The van der Waals surface area contributed by atoms with E-state index in [0.29, 0.717) is 41.4 Å². The molecule has 2 amide bonds. The molecule has 2 aromatic carbocycles. The molecule has 3 rings (SSSR count). The van der Waals surface area contributed by atoms with Gasteiger partial charge in [-0.1, -0.05) is 17.7 Å². The average Bonchev–Trinajstić information content (AvgIpc) is 3.20. The number of hydrogen-bond acceptors (Lipinski definition) is 5. The fourth-order valence-corrected chi connectivity index (χ4v) is 3.64. The molecule has 1 N–H and O–H groups in total. The molecular weight excluding hydrogens is 410 g/mol. The van der Waals surface area contributed by atoms with Crippen molar-refractivity contribution in [1.82, 2.24) is 10.2 Å². The summed E-state index contributed by atoms with van der Waals surface area (Å²) in [6, 6.07) is 10.7. The third kappa shape index (κ3) is 5.07. The van der Waals surface area contributed by atoms with Crippen LogP contribution in [0.1, 0.15) is 28.8 Å². The Morgan fingerprint density at radius 3 is 2.80 bits per heavy atom. The molecule has 0 spiro atoms. The number of rotatable bonds is 7. The SMILES string of the molecule is Cc1cc(C(=O)N2CCCC2C(=O)NCCOc2cccc(Cl)c2)ccc1[N+](=O)[O-]. The Bertz CT molecular complexity index is 965. The van der Waals surface area contributed by atoms with E-state index < -0.39 is 11.0 Å². The quantitative estimate of drug-likeness (QED) is 0.411. The summed E-state index contributed by atoms with van der Waals surface area (Å²) in [5.74, 6) is 0.0676. The Morgan fingerprint density at radius 2 is 2.10 bits per heavy atom. The number of benzene rings is 2. The van der Waals surface area contributed by atoms with Crippen LogP contribution in [0.25, 0.3) is 0 Å². The summed E-state index contributed by atoms with van der Waals surface area (Å²) in [6.45, 7) is 2.61. The lowest BCUT2D eigenvalue weighted by Gasteiger charge is -2.24. The maximum Gasteiger partial charge on any atom is 0.272 e. The van der Waals surface area contributed by atoms with Crippen molar-refractivity contribution in [1.29, 1.82) is 0 Å². The Kier molecular flexibility index (Phi) is 6.89. The van der Waals surface area contributed by atoms with E-state index >= 15 is 0 Å². The maximum atomic E-state index is 12.9. The van der Waals surface area contributed by atoms with Gasteiger partial charge in [-0.05, 0) is 50.1 Å². The zero-order valence-electron chi connectivity index (χ0n) is 16.5. The second-order valence-corrected chi connectivity index (χ2v) is 7.45. The van der Waals surface area contributed by atoms with Crippen molar-refractivity contribution in [3.8, 4) is 5.75 Å². The number of carbonyl (C=O) groups excluding carboxylic acids is 2. The molecule has 0 aliphatic carbocycles. The predicted molar refractivity (Wildman–Crippen MR) is 112 cm³/mol. The van der Waals surface area contributed by atoms with E-state index in [2.05, 4.69) is 5.32 Å². The number of likely N-dealkylation sites (tertiary alicyclic amines) is 1. The molecule has 1 aliphatic rings. The molecule has 0 aromatic heterocycles. The molecule has 8 nitrogen and oxygen atoms in total. The molecule has 2 aromatic rings. The van der Waals surface area contributed by atoms with E-state index in [1.54, 1.807) is 31.2 Å². The van der Waals surface area contributed by atoms with Crippen LogP contribution in [0.3, 0.4) is 0 Å². The van der Waals surface area contributed by atoms with Crippen molar-refractivity contribution in [3.05, 3.63) is 68.7 Å². The van der Waals surface area contributed by atoms with Crippen molar-refractivity contribution in [2.45, 2.75) is 25.8 Å². The Morgan fingerprint density at radius 1 is 1.30 bits per heavy atom. The highest BCUT2D eigenvalue weighted by atomic mass is 35.5. The summed E-state index contributed by atoms with van der Waals surface area (Å²) < 4.78 is 5.55. The smallest absolute Gasteiger partial charge is 0.272 e. The summed E-state index contributed by atoms with van der Waals surface area (Å²) in [5, 5.41) is 14.3. The summed E-state index contributed by atoms with van der Waals surface area (Å²) in [5.41, 5.74) is 0.702. The molecule has 0 bridgehead atoms. The topological polar surface area (TPSA) is 102 Å². The van der Waals surface area contributed by atoms with Crippen LogP contribution in [0.5, 0.6) is 5.75 Å². The molecule has 0 saturated carbocycles. The number of amides is 2. The van der Waals surface area contributed by atoms with Gasteiger partial charge in [-0.3, -0.25) is 19.7 Å². The van der Waals surface area contributed by atoms with Crippen LogP contribution < -0.4 is 10.1 Å². The van der Waals surface area contributed by atoms with Crippen LogP contribution in [-0.4, -0.2) is 47.4 Å². The lowest BCUT2D eigenvalue weighted by molar-refractivity contribution is -0.385. The van der Waals surface area contributed by atoms with Crippen molar-refractivity contribution in [2.75, 3.05) is 19.7 Å². The second-order valence-electron chi connectivity index (χ2n) is 7.01. The van der Waals surface area contributed by atoms with Gasteiger partial charge in [-0.15, -0.1) is 0 Å². The molecular formula is C21H22ClN3O5. The first-order chi connectivity index (χ1) is 14.4. The third-order valence-electron chi connectivity index (χ3n) is 4.92. The Balaban J connectivity index is 1.56. The third-order valence-corrected chi connectivity index (χ3v) is 5.16. The van der Waals surface area contributed by atoms with Crippen LogP contribution in [0.15, 0.2) is 42.5 Å². The van der Waals surface area contributed by atoms with Crippen LogP contribution >= 0.6 is 11.6 Å². The fraction of sp³-hybridized carbons (Fsp3) is 0.333. The highest BCUT2D eigenvalue weighted by molar-refractivity contribution is 6.30. The number of ether oxygens (including phenoxy) is 1. The van der Waals surface area contributed by atoms with E-state index in [0.717, 1.165) is 6.42 Å². The summed E-state index contributed by atoms with van der Waals surface area (Å²) in [7, 11) is 0. The average molecular weight is 432 g/mol. The first kappa shape index (κ1) is 21.6. The van der Waals surface area contributed by atoms with Crippen LogP contribution in [-0.2, 0) is 4.79 Å². The zero-order valence-corrected chi connectivity index (χ0v) is 17.2. The number of halogens is 1. The van der Waals surface area contributed by atoms with Crippen molar-refractivity contribution < 1.29 is 19.2 Å². The van der Waals surface area contributed by atoms with Crippen molar-refractivity contribution in [3.63, 3.8) is 0 Å². The molecule has 0 radical (unpaired) electrons. The standard InChI is InChI=1S/C21H22ClN3O5/c1-14-12-15(7-8-18(14)25(28)29)21(27)24-10-3-6-19(24)20(26)23-9-11-30-17-5-2-4-16(22)13-17/h2,4-5,7-8,12-13,19H,3,6,9-11H2,1H3,(H,23,26). The molecule has 1 unspecified atom stereocenters. The number of aryl methyl sites for hydroxylation is 1. The van der Waals surface area contributed by atoms with Gasteiger partial charge >= 0.3 is 0 Å². The molecule has 9 heteroatoms. The van der Waals surface area contributed by atoms with Gasteiger partial charge in [0.1, 0.15) is 18.4 Å². The molecule has 1 atom stereocenters. The van der Waals surface area contributed by atoms with Gasteiger partial charge in [-0.2, -0.15) is 0 Å². The predicted octanol–water partition coefficient (Wildman–Crippen LogP) is 3.36. The first-order valence-corrected chi connectivity index (χ1v) is 9.96.